The van der Waals surface area contributed by atoms with E-state index in [4.69, 9.17) is 25.8 Å². The number of aromatic nitrogens is 6. The first-order chi connectivity index (χ1) is 46.7. The van der Waals surface area contributed by atoms with E-state index in [0.29, 0.717) is 36.5 Å². The molecular weight excluding hydrogens is 1200 g/mol. The van der Waals surface area contributed by atoms with Gasteiger partial charge in [-0.2, -0.15) is 0 Å². The van der Waals surface area contributed by atoms with Gasteiger partial charge in [0.05, 0.1) is 17.1 Å². The van der Waals surface area contributed by atoms with Crippen LogP contribution in [0.4, 0.5) is 0 Å². The van der Waals surface area contributed by atoms with Gasteiger partial charge in [0.1, 0.15) is 40.8 Å². The van der Waals surface area contributed by atoms with Gasteiger partial charge in [-0.1, -0.05) is 105 Å². The second-order valence-corrected chi connectivity index (χ2v) is 25.6. The van der Waals surface area contributed by atoms with Crippen LogP contribution in [0, 0.1) is 5.92 Å². The van der Waals surface area contributed by atoms with Gasteiger partial charge in [-0.25, -0.2) is 29.9 Å². The van der Waals surface area contributed by atoms with Gasteiger partial charge in [0.2, 0.25) is 0 Å². The number of aromatic hydroxyl groups is 3. The van der Waals surface area contributed by atoms with Gasteiger partial charge in [0.25, 0.3) is 0 Å². The molecule has 96 heavy (non-hydrogen) atoms. The summed E-state index contributed by atoms with van der Waals surface area (Å²) in [4.78, 5) is 46.1. The molecule has 2 fully saturated rings. The topological polar surface area (TPSA) is 235 Å². The largest absolute Gasteiger partial charge is 0.508 e. The lowest BCUT2D eigenvalue weighted by atomic mass is 10.0. The molecule has 17 nitrogen and oxygen atoms in total. The number of phenols is 3. The van der Waals surface area contributed by atoms with Crippen LogP contribution in [0.2, 0.25) is 0 Å². The highest BCUT2D eigenvalue weighted by Gasteiger charge is 2.23. The van der Waals surface area contributed by atoms with Crippen LogP contribution in [0.3, 0.4) is 0 Å². The number of rotatable bonds is 29. The lowest BCUT2D eigenvalue weighted by molar-refractivity contribution is -0.138. The number of carbonyl (C=O) groups is 1. The number of carboxylic acid groups (broad SMARTS) is 1. The molecule has 2 saturated heterocycles. The van der Waals surface area contributed by atoms with Crippen molar-refractivity contribution in [1.82, 2.24) is 55.2 Å². The van der Waals surface area contributed by atoms with Crippen molar-refractivity contribution < 1.29 is 25.2 Å². The third-order valence-corrected chi connectivity index (χ3v) is 17.9. The minimum Gasteiger partial charge on any atom is -0.508 e. The Hall–Kier alpha value is -8.81. The van der Waals surface area contributed by atoms with Gasteiger partial charge < -0.3 is 36.8 Å². The molecule has 17 heteroatoms. The van der Waals surface area contributed by atoms with Crippen LogP contribution in [0.25, 0.3) is 33.8 Å². The van der Waals surface area contributed by atoms with Crippen LogP contribution in [0.5, 0.6) is 17.2 Å². The zero-order valence-electron chi connectivity index (χ0n) is 56.5. The number of nitrogens with zero attached hydrogens (tertiary/aromatic N) is 9. The summed E-state index contributed by atoms with van der Waals surface area (Å²) < 4.78 is 0. The molecule has 2 aliphatic heterocycles. The van der Waals surface area contributed by atoms with E-state index < -0.39 is 12.0 Å². The highest BCUT2D eigenvalue weighted by atomic mass is 16.4. The first-order valence-corrected chi connectivity index (χ1v) is 34.4. The first kappa shape index (κ1) is 71.5. The molecule has 4 atom stereocenters. The Morgan fingerprint density at radius 3 is 1.50 bits per heavy atom. The maximum absolute atomic E-state index is 11.0. The Kier molecular flexibility index (Phi) is 27.9. The van der Waals surface area contributed by atoms with Gasteiger partial charge >= 0.3 is 5.97 Å². The second kappa shape index (κ2) is 37.5. The molecule has 0 radical (unpaired) electrons. The molecule has 0 aliphatic carbocycles. The molecule has 6 aromatic carbocycles. The highest BCUT2D eigenvalue weighted by Crippen LogP contribution is 2.25. The lowest BCUT2D eigenvalue weighted by Crippen LogP contribution is -2.53. The van der Waals surface area contributed by atoms with Crippen molar-refractivity contribution in [3.8, 4) is 51.0 Å². The van der Waals surface area contributed by atoms with Crippen LogP contribution < -0.4 is 16.4 Å². The average molecular weight is 1300 g/mol. The minimum absolute atomic E-state index is 0.280. The van der Waals surface area contributed by atoms with E-state index in [-0.39, 0.29) is 5.75 Å². The van der Waals surface area contributed by atoms with Crippen molar-refractivity contribution in [3.05, 3.63) is 233 Å². The Bertz CT molecular complexity index is 3810. The average Bonchev–Trinajstić information content (AvgIpc) is 0.993. The number of benzene rings is 6. The normalized spacial score (nSPS) is 15.8. The van der Waals surface area contributed by atoms with Crippen molar-refractivity contribution >= 4 is 5.97 Å². The predicted octanol–water partition coefficient (Wildman–Crippen LogP) is 12.3. The van der Waals surface area contributed by atoms with Crippen LogP contribution in [0.1, 0.15) is 111 Å². The summed E-state index contributed by atoms with van der Waals surface area (Å²) in [6, 6.07) is 54.1. The number of hydrogen-bond donors (Lipinski definition) is 7. The fraction of sp³-hybridized carbons (Fsp3) is 0.380. The molecule has 0 saturated carbocycles. The summed E-state index contributed by atoms with van der Waals surface area (Å²) in [5.74, 6) is 3.28. The summed E-state index contributed by atoms with van der Waals surface area (Å²) in [6.45, 7) is 19.6. The van der Waals surface area contributed by atoms with Crippen molar-refractivity contribution in [2.24, 2.45) is 11.7 Å². The monoisotopic (exact) mass is 1290 g/mol. The van der Waals surface area contributed by atoms with E-state index in [1.807, 2.05) is 85.2 Å². The predicted molar refractivity (Wildman–Crippen MR) is 383 cm³/mol. The Labute approximate surface area is 568 Å². The fourth-order valence-corrected chi connectivity index (χ4v) is 12.3. The molecular formula is C79H98N12O5. The third kappa shape index (κ3) is 23.5. The van der Waals surface area contributed by atoms with Gasteiger partial charge in [0, 0.05) is 112 Å². The third-order valence-electron chi connectivity index (χ3n) is 17.9. The summed E-state index contributed by atoms with van der Waals surface area (Å²) in [7, 11) is 0. The zero-order chi connectivity index (χ0) is 67.4. The molecule has 9 aromatic rings. The summed E-state index contributed by atoms with van der Waals surface area (Å²) in [6.07, 6.45) is 15.3. The van der Waals surface area contributed by atoms with E-state index in [0.717, 1.165) is 192 Å². The Morgan fingerprint density at radius 2 is 1.02 bits per heavy atom. The smallest absolute Gasteiger partial charge is 0.320 e. The van der Waals surface area contributed by atoms with Crippen molar-refractivity contribution in [2.75, 3.05) is 52.4 Å². The zero-order valence-corrected chi connectivity index (χ0v) is 56.5. The van der Waals surface area contributed by atoms with E-state index >= 15 is 0 Å². The van der Waals surface area contributed by atoms with E-state index in [1.54, 1.807) is 36.5 Å². The summed E-state index contributed by atoms with van der Waals surface area (Å²) >= 11 is 0. The standard InChI is InChI=1S/C27H34N4O.C26H32N4O3.C26H32N4O/c1-2-31(20-23-12-14-28-18-23)19-22-8-3-9-24(16-22)26-13-15-29-27(30-26)11-5-7-21-6-4-10-25(32)17-21;1-2-30(16-14-23(27)26(32)33)18-20-6-3-7-21(17-20)24-13-15-28-25(29-24)8-4-5-19-9-11-22(31)12-10-19;1-19-17-30(20(2)16-28-19)18-22-6-3-7-23(15-22)25-13-14-27-26(29-25)8-4-5-21-9-11-24(31)12-10-21/h3-4,6,8-10,13,15-17,23,28,32H,2,5,7,11-12,14,18-20H2,1H3;3,6-7,9-13,15,17,23,31H,2,4-5,8,14,16,18,27H2,1H3,(H,32,33);3,6-7,9-15,19-20,28,31H,4-5,8,16-18H2,1-2H3/t2*23-;19-,20+/m001/s1. The lowest BCUT2D eigenvalue weighted by Gasteiger charge is -2.37. The minimum atomic E-state index is -0.962. The Morgan fingerprint density at radius 1 is 0.552 bits per heavy atom. The van der Waals surface area contributed by atoms with Gasteiger partial charge in [-0.05, 0) is 203 Å². The molecule has 504 valence electrons. The number of aliphatic carboxylic acids is 1. The van der Waals surface area contributed by atoms with Gasteiger partial charge in [-0.15, -0.1) is 0 Å². The molecule has 0 amide bonds. The number of nitrogens with one attached hydrogen (secondary N) is 2. The SMILES string of the molecule is CCN(CC[C@H](N)C(=O)O)Cc1cccc(-c2ccnc(CCCc3ccc(O)cc3)n2)c1.CCN(Cc1cccc(-c2ccnc(CCCc3cccc(O)c3)n2)c1)C[C@H]1CCNC1.C[C@@H]1CN(Cc2cccc(-c3ccnc(CCCc4ccc(O)cc4)n3)c2)[C@@H](C)CN1. The fourth-order valence-electron chi connectivity index (χ4n) is 12.3. The van der Waals surface area contributed by atoms with Crippen LogP contribution in [-0.2, 0) is 63.0 Å². The Balaban J connectivity index is 0.000000169. The number of hydrogen-bond acceptors (Lipinski definition) is 16. The molecule has 5 heterocycles. The summed E-state index contributed by atoms with van der Waals surface area (Å²) in [5, 5.41) is 44.5. The van der Waals surface area contributed by atoms with Crippen LogP contribution in [0.15, 0.2) is 182 Å². The molecule has 0 unspecified atom stereocenters. The quantitative estimate of drug-likeness (QED) is 0.0231. The molecule has 0 bridgehead atoms. The first-order valence-electron chi connectivity index (χ1n) is 34.4. The molecule has 3 aromatic heterocycles. The molecule has 11 rings (SSSR count). The number of nitrogens with two attached hydrogens (primary N) is 1. The van der Waals surface area contributed by atoms with E-state index in [9.17, 15) is 20.1 Å². The maximum Gasteiger partial charge on any atom is 0.320 e. The number of piperazine rings is 1. The molecule has 8 N–H and O–H groups in total. The number of aryl methyl sites for hydroxylation is 6. The maximum atomic E-state index is 11.0. The van der Waals surface area contributed by atoms with Crippen LogP contribution >= 0.6 is 0 Å². The highest BCUT2D eigenvalue weighted by molar-refractivity contribution is 5.73. The van der Waals surface area contributed by atoms with Crippen molar-refractivity contribution in [2.45, 2.75) is 136 Å². The summed E-state index contributed by atoms with van der Waals surface area (Å²) in [5.41, 5.74) is 19.2. The molecule has 2 aliphatic rings. The van der Waals surface area contributed by atoms with Gasteiger partial charge in [0.15, 0.2) is 0 Å². The number of phenolic OH excluding ortho intramolecular Hbond substituents is 3. The van der Waals surface area contributed by atoms with E-state index in [2.05, 4.69) is 129 Å². The second-order valence-electron chi connectivity index (χ2n) is 25.6. The van der Waals surface area contributed by atoms with Gasteiger partial charge in [-0.3, -0.25) is 19.5 Å². The molecule has 0 spiro atoms. The van der Waals surface area contributed by atoms with E-state index in [1.165, 1.54) is 28.7 Å². The number of carboxylic acids is 1. The van der Waals surface area contributed by atoms with Crippen molar-refractivity contribution in [3.63, 3.8) is 0 Å². The van der Waals surface area contributed by atoms with Crippen molar-refractivity contribution in [1.29, 1.82) is 0 Å². The van der Waals surface area contributed by atoms with Crippen LogP contribution in [-0.4, -0.2) is 141 Å².